The molecule has 76 valence electrons. The Morgan fingerprint density at radius 3 is 2.69 bits per heavy atom. The van der Waals surface area contributed by atoms with Crippen LogP contribution in [0.15, 0.2) is 11.6 Å². The number of rotatable bonds is 5. The molecule has 0 aliphatic rings. The highest BCUT2D eigenvalue weighted by atomic mass is 16.5. The molecule has 0 rings (SSSR count). The summed E-state index contributed by atoms with van der Waals surface area (Å²) in [6.07, 6.45) is 2.96. The predicted octanol–water partition coefficient (Wildman–Crippen LogP) is 1.48. The minimum atomic E-state index is -0.259. The normalized spacial score (nSPS) is 14.0. The molecule has 0 aliphatic carbocycles. The first-order chi connectivity index (χ1) is 6.11. The van der Waals surface area contributed by atoms with E-state index in [-0.39, 0.29) is 5.97 Å². The molecule has 1 atom stereocenters. The van der Waals surface area contributed by atoms with E-state index in [1.54, 1.807) is 6.92 Å². The van der Waals surface area contributed by atoms with Gasteiger partial charge in [0, 0.05) is 12.1 Å². The molecule has 0 amide bonds. The summed E-state index contributed by atoms with van der Waals surface area (Å²) in [5.74, 6) is 0.163. The van der Waals surface area contributed by atoms with Crippen molar-refractivity contribution in [3.63, 3.8) is 0 Å². The highest BCUT2D eigenvalue weighted by Gasteiger charge is 2.05. The Morgan fingerprint density at radius 2 is 2.23 bits per heavy atom. The molecule has 0 aliphatic heterocycles. The molecule has 0 heterocycles. The van der Waals surface area contributed by atoms with E-state index in [0.29, 0.717) is 24.6 Å². The van der Waals surface area contributed by atoms with E-state index in [9.17, 15) is 4.79 Å². The smallest absolute Gasteiger partial charge is 0.333 e. The molecule has 0 saturated heterocycles. The fourth-order valence-corrected chi connectivity index (χ4v) is 0.878. The van der Waals surface area contributed by atoms with Gasteiger partial charge in [-0.15, -0.1) is 0 Å². The van der Waals surface area contributed by atoms with Crippen molar-refractivity contribution in [2.45, 2.75) is 27.2 Å². The molecule has 0 aromatic carbocycles. The Hall–Kier alpha value is -0.830. The van der Waals surface area contributed by atoms with Crippen LogP contribution in [0.1, 0.15) is 27.2 Å². The Kier molecular flexibility index (Phi) is 6.24. The second-order valence-electron chi connectivity index (χ2n) is 3.16. The van der Waals surface area contributed by atoms with Gasteiger partial charge in [-0.25, -0.2) is 4.79 Å². The van der Waals surface area contributed by atoms with Gasteiger partial charge in [0.25, 0.3) is 0 Å². The fourth-order valence-electron chi connectivity index (χ4n) is 0.878. The largest absolute Gasteiger partial charge is 0.461 e. The lowest BCUT2D eigenvalue weighted by molar-refractivity contribution is -0.138. The first kappa shape index (κ1) is 12.2. The average Bonchev–Trinajstić information content (AvgIpc) is 2.13. The lowest BCUT2D eigenvalue weighted by atomic mass is 10.1. The molecule has 0 radical (unpaired) electrons. The maximum Gasteiger partial charge on any atom is 0.333 e. The summed E-state index contributed by atoms with van der Waals surface area (Å²) < 4.78 is 4.87. The molecule has 0 aromatic heterocycles. The van der Waals surface area contributed by atoms with Crippen LogP contribution in [-0.2, 0) is 9.53 Å². The second kappa shape index (κ2) is 6.66. The Morgan fingerprint density at radius 1 is 1.62 bits per heavy atom. The molecule has 3 nitrogen and oxygen atoms in total. The van der Waals surface area contributed by atoms with E-state index >= 15 is 0 Å². The van der Waals surface area contributed by atoms with E-state index in [0.717, 1.165) is 6.42 Å². The zero-order chi connectivity index (χ0) is 10.3. The third-order valence-corrected chi connectivity index (χ3v) is 1.85. The summed E-state index contributed by atoms with van der Waals surface area (Å²) in [5.41, 5.74) is 5.88. The van der Waals surface area contributed by atoms with E-state index in [1.807, 2.05) is 6.08 Å². The van der Waals surface area contributed by atoms with Crippen molar-refractivity contribution >= 4 is 5.97 Å². The zero-order valence-electron chi connectivity index (χ0n) is 8.67. The van der Waals surface area contributed by atoms with E-state index < -0.39 is 0 Å². The summed E-state index contributed by atoms with van der Waals surface area (Å²) >= 11 is 0. The second-order valence-corrected chi connectivity index (χ2v) is 3.16. The van der Waals surface area contributed by atoms with Gasteiger partial charge in [0.2, 0.25) is 0 Å². The van der Waals surface area contributed by atoms with Crippen molar-refractivity contribution in [3.8, 4) is 0 Å². The van der Waals surface area contributed by atoms with Crippen molar-refractivity contribution in [2.24, 2.45) is 11.7 Å². The van der Waals surface area contributed by atoms with E-state index in [4.69, 9.17) is 10.5 Å². The maximum atomic E-state index is 11.2. The Bertz CT molecular complexity index is 187. The maximum absolute atomic E-state index is 11.2. The third kappa shape index (κ3) is 5.42. The van der Waals surface area contributed by atoms with Gasteiger partial charge in [-0.2, -0.15) is 0 Å². The van der Waals surface area contributed by atoms with Gasteiger partial charge in [0.15, 0.2) is 0 Å². The monoisotopic (exact) mass is 185 g/mol. The van der Waals surface area contributed by atoms with Crippen LogP contribution in [0.25, 0.3) is 0 Å². The van der Waals surface area contributed by atoms with Crippen molar-refractivity contribution in [1.29, 1.82) is 0 Å². The summed E-state index contributed by atoms with van der Waals surface area (Å²) in [7, 11) is 0. The van der Waals surface area contributed by atoms with Crippen LogP contribution < -0.4 is 5.73 Å². The quantitative estimate of drug-likeness (QED) is 0.521. The fraction of sp³-hybridized carbons (Fsp3) is 0.700. The lowest BCUT2D eigenvalue weighted by Gasteiger charge is -2.05. The van der Waals surface area contributed by atoms with Gasteiger partial charge in [-0.3, -0.25) is 0 Å². The van der Waals surface area contributed by atoms with Crippen LogP contribution in [0.5, 0.6) is 0 Å². The summed E-state index contributed by atoms with van der Waals surface area (Å²) in [5, 5.41) is 0. The number of carbonyl (C=O) groups excluding carboxylic acids is 1. The number of hydrogen-bond donors (Lipinski definition) is 1. The van der Waals surface area contributed by atoms with Crippen LogP contribution in [-0.4, -0.2) is 19.1 Å². The van der Waals surface area contributed by atoms with Crippen LogP contribution >= 0.6 is 0 Å². The molecule has 0 bridgehead atoms. The van der Waals surface area contributed by atoms with Crippen molar-refractivity contribution in [1.82, 2.24) is 0 Å². The first-order valence-corrected chi connectivity index (χ1v) is 4.67. The first-order valence-electron chi connectivity index (χ1n) is 4.67. The van der Waals surface area contributed by atoms with Crippen LogP contribution in [0.2, 0.25) is 0 Å². The number of esters is 1. The number of nitrogens with two attached hydrogens (primary N) is 1. The summed E-state index contributed by atoms with van der Waals surface area (Å²) in [6.45, 7) is 6.59. The highest BCUT2D eigenvalue weighted by molar-refractivity contribution is 5.87. The highest BCUT2D eigenvalue weighted by Crippen LogP contribution is 2.07. The lowest BCUT2D eigenvalue weighted by Crippen LogP contribution is -2.14. The van der Waals surface area contributed by atoms with Gasteiger partial charge in [-0.05, 0) is 12.8 Å². The van der Waals surface area contributed by atoms with Gasteiger partial charge >= 0.3 is 5.97 Å². The molecular formula is C10H19NO2. The topological polar surface area (TPSA) is 52.3 Å². The van der Waals surface area contributed by atoms with Gasteiger partial charge in [-0.1, -0.05) is 26.3 Å². The standard InChI is InChI=1S/C10H19NO2/c1-4-8(2)7-9(3)10(12)13-6-5-11/h7-8H,4-6,11H2,1-3H3. The van der Waals surface area contributed by atoms with Crippen LogP contribution in [0, 0.1) is 5.92 Å². The summed E-state index contributed by atoms with van der Waals surface area (Å²) in [4.78, 5) is 11.2. The minimum absolute atomic E-state index is 0.259. The molecular weight excluding hydrogens is 166 g/mol. The Balaban J connectivity index is 4.00. The number of allylic oxidation sites excluding steroid dienone is 1. The van der Waals surface area contributed by atoms with Crippen LogP contribution in [0.3, 0.4) is 0 Å². The number of carbonyl (C=O) groups is 1. The number of ether oxygens (including phenoxy) is 1. The van der Waals surface area contributed by atoms with E-state index in [1.165, 1.54) is 0 Å². The van der Waals surface area contributed by atoms with Crippen molar-refractivity contribution in [3.05, 3.63) is 11.6 Å². The molecule has 0 fully saturated rings. The number of hydrogen-bond acceptors (Lipinski definition) is 3. The zero-order valence-corrected chi connectivity index (χ0v) is 8.67. The van der Waals surface area contributed by atoms with Crippen molar-refractivity contribution < 1.29 is 9.53 Å². The molecule has 2 N–H and O–H groups in total. The Labute approximate surface area is 79.9 Å². The van der Waals surface area contributed by atoms with Gasteiger partial charge in [0.05, 0.1) is 0 Å². The summed E-state index contributed by atoms with van der Waals surface area (Å²) in [6, 6.07) is 0. The minimum Gasteiger partial charge on any atom is -0.461 e. The molecule has 1 unspecified atom stereocenters. The molecule has 13 heavy (non-hydrogen) atoms. The molecule has 0 spiro atoms. The van der Waals surface area contributed by atoms with Crippen molar-refractivity contribution in [2.75, 3.05) is 13.2 Å². The molecule has 0 saturated carbocycles. The SMILES string of the molecule is CCC(C)C=C(C)C(=O)OCCN. The average molecular weight is 185 g/mol. The third-order valence-electron chi connectivity index (χ3n) is 1.85. The predicted molar refractivity (Wildman–Crippen MR) is 53.2 cm³/mol. The molecule has 3 heteroatoms. The van der Waals surface area contributed by atoms with E-state index in [2.05, 4.69) is 13.8 Å². The molecule has 0 aromatic rings. The van der Waals surface area contributed by atoms with Crippen LogP contribution in [0.4, 0.5) is 0 Å². The van der Waals surface area contributed by atoms with Gasteiger partial charge < -0.3 is 10.5 Å². The van der Waals surface area contributed by atoms with Gasteiger partial charge in [0.1, 0.15) is 6.61 Å².